The Kier molecular flexibility index (Phi) is 8.36. The predicted molar refractivity (Wildman–Crippen MR) is 165 cm³/mol. The average Bonchev–Trinajstić information content (AvgIpc) is 3.03. The van der Waals surface area contributed by atoms with Gasteiger partial charge in [-0.15, -0.1) is 0 Å². The average molecular weight is 596 g/mol. The van der Waals surface area contributed by atoms with E-state index in [0.717, 1.165) is 27.8 Å². The van der Waals surface area contributed by atoms with Gasteiger partial charge in [0.05, 0.1) is 29.2 Å². The number of benzene rings is 3. The van der Waals surface area contributed by atoms with Gasteiger partial charge in [-0.3, -0.25) is 9.11 Å². The molecule has 1 saturated heterocycles. The standard InChI is InChI=1S/C33H33N5O4S/c1-22-9-7-12-24-13-8-14-26(30(22)24)29-17-28-27(21-41-29)31(36-32(35-28)43(3)40)37-15-16-38(25(19-37)18-34-2)33(39)42-20-23-10-5-4-6-11-23/h4-14,25,29H,15-21H2,1,3H3/t25-,29?,43?/m0/s1. The Morgan fingerprint density at radius 3 is 2.65 bits per heavy atom. The van der Waals surface area contributed by atoms with Crippen LogP contribution in [-0.2, 0) is 39.9 Å². The first-order valence-corrected chi connectivity index (χ1v) is 15.9. The van der Waals surface area contributed by atoms with Gasteiger partial charge in [-0.1, -0.05) is 66.7 Å². The van der Waals surface area contributed by atoms with Crippen molar-refractivity contribution < 1.29 is 18.5 Å². The Bertz CT molecular complexity index is 1720. The molecule has 43 heavy (non-hydrogen) atoms. The van der Waals surface area contributed by atoms with E-state index in [9.17, 15) is 9.00 Å². The topological polar surface area (TPSA) is 89.2 Å². The van der Waals surface area contributed by atoms with Crippen molar-refractivity contribution in [2.24, 2.45) is 0 Å². The summed E-state index contributed by atoms with van der Waals surface area (Å²) in [5.41, 5.74) is 4.89. The van der Waals surface area contributed by atoms with Gasteiger partial charge < -0.3 is 19.2 Å². The van der Waals surface area contributed by atoms with Crippen LogP contribution in [0.1, 0.15) is 34.1 Å². The maximum absolute atomic E-state index is 13.1. The van der Waals surface area contributed by atoms with Gasteiger partial charge >= 0.3 is 6.09 Å². The van der Waals surface area contributed by atoms with Crippen molar-refractivity contribution in [3.05, 3.63) is 106 Å². The largest absolute Gasteiger partial charge is 0.445 e. The van der Waals surface area contributed by atoms with Crippen molar-refractivity contribution in [3.63, 3.8) is 0 Å². The molecule has 3 aromatic carbocycles. The highest BCUT2D eigenvalue weighted by molar-refractivity contribution is 7.84. The van der Waals surface area contributed by atoms with Crippen molar-refractivity contribution in [1.82, 2.24) is 14.9 Å². The normalized spacial score (nSPS) is 19.0. The van der Waals surface area contributed by atoms with Gasteiger partial charge in [0.25, 0.3) is 0 Å². The van der Waals surface area contributed by atoms with E-state index < -0.39 is 16.9 Å². The zero-order valence-corrected chi connectivity index (χ0v) is 25.0. The van der Waals surface area contributed by atoms with E-state index in [0.29, 0.717) is 38.5 Å². The lowest BCUT2D eigenvalue weighted by Gasteiger charge is -2.40. The fourth-order valence-corrected chi connectivity index (χ4v) is 6.46. The SMILES string of the molecule is [C-]#[N+]C[C@H]1CN(c2nc(S(C)=O)nc3c2COC(c2cccc4cccc(C)c24)C3)CCN1C(=O)OCc1ccccc1. The molecule has 10 heteroatoms. The van der Waals surface area contributed by atoms with Crippen LogP contribution in [0.25, 0.3) is 15.6 Å². The van der Waals surface area contributed by atoms with E-state index in [1.54, 1.807) is 11.2 Å². The lowest BCUT2D eigenvalue weighted by Crippen LogP contribution is -2.57. The second kappa shape index (κ2) is 12.5. The molecule has 2 aliphatic heterocycles. The van der Waals surface area contributed by atoms with Crippen LogP contribution in [0.2, 0.25) is 0 Å². The number of aryl methyl sites for hydroxylation is 1. The smallest absolute Gasteiger partial charge is 0.410 e. The van der Waals surface area contributed by atoms with Crippen LogP contribution in [0, 0.1) is 13.5 Å². The van der Waals surface area contributed by atoms with Gasteiger partial charge in [-0.2, -0.15) is 0 Å². The van der Waals surface area contributed by atoms with Crippen molar-refractivity contribution in [2.45, 2.75) is 43.9 Å². The number of carbonyl (C=O) groups is 1. The molecule has 1 aromatic heterocycles. The van der Waals surface area contributed by atoms with Gasteiger partial charge in [0.2, 0.25) is 11.7 Å². The van der Waals surface area contributed by atoms with Crippen LogP contribution < -0.4 is 4.90 Å². The minimum absolute atomic E-state index is 0.135. The Morgan fingerprint density at radius 2 is 1.88 bits per heavy atom. The number of carbonyl (C=O) groups excluding carboxylic acids is 1. The summed E-state index contributed by atoms with van der Waals surface area (Å²) in [4.78, 5) is 29.9. The molecule has 2 aliphatic rings. The first kappa shape index (κ1) is 28.8. The second-order valence-electron chi connectivity index (χ2n) is 10.9. The molecular formula is C33H33N5O4S. The van der Waals surface area contributed by atoms with Gasteiger partial charge in [0.1, 0.15) is 18.5 Å². The van der Waals surface area contributed by atoms with E-state index in [2.05, 4.69) is 53.1 Å². The van der Waals surface area contributed by atoms with Crippen LogP contribution in [0.3, 0.4) is 0 Å². The number of hydrogen-bond acceptors (Lipinski definition) is 7. The quantitative estimate of drug-likeness (QED) is 0.223. The summed E-state index contributed by atoms with van der Waals surface area (Å²) in [7, 11) is -1.39. The number of nitrogens with zero attached hydrogens (tertiary/aromatic N) is 5. The molecule has 4 aromatic rings. The molecule has 0 N–H and O–H groups in total. The van der Waals surface area contributed by atoms with Gasteiger partial charge in [0, 0.05) is 37.9 Å². The fourth-order valence-electron chi connectivity index (χ4n) is 6.00. The number of piperazine rings is 1. The second-order valence-corrected chi connectivity index (χ2v) is 12.2. The maximum atomic E-state index is 13.1. The molecule has 0 spiro atoms. The number of hydrogen-bond donors (Lipinski definition) is 0. The number of aromatic nitrogens is 2. The van der Waals surface area contributed by atoms with Gasteiger partial charge in [0.15, 0.2) is 0 Å². The molecule has 6 rings (SSSR count). The minimum Gasteiger partial charge on any atom is -0.445 e. The molecule has 3 heterocycles. The number of fused-ring (bicyclic) bond motifs is 2. The van der Waals surface area contributed by atoms with Gasteiger partial charge in [-0.05, 0) is 34.4 Å². The summed E-state index contributed by atoms with van der Waals surface area (Å²) < 4.78 is 24.7. The van der Waals surface area contributed by atoms with Crippen LogP contribution in [0.15, 0.2) is 71.9 Å². The number of rotatable bonds is 6. The van der Waals surface area contributed by atoms with Crippen molar-refractivity contribution in [2.75, 3.05) is 37.3 Å². The highest BCUT2D eigenvalue weighted by Gasteiger charge is 2.37. The molecule has 0 radical (unpaired) electrons. The molecule has 220 valence electrons. The summed E-state index contributed by atoms with van der Waals surface area (Å²) in [5, 5.41) is 2.62. The monoisotopic (exact) mass is 595 g/mol. The lowest BCUT2D eigenvalue weighted by atomic mass is 9.92. The van der Waals surface area contributed by atoms with Crippen LogP contribution >= 0.6 is 0 Å². The third-order valence-corrected chi connectivity index (χ3v) is 8.83. The van der Waals surface area contributed by atoms with Crippen LogP contribution in [0.4, 0.5) is 10.6 Å². The molecule has 1 fully saturated rings. The van der Waals surface area contributed by atoms with Gasteiger partial charge in [-0.25, -0.2) is 21.3 Å². The molecule has 1 amide bonds. The highest BCUT2D eigenvalue weighted by Crippen LogP contribution is 2.38. The zero-order chi connectivity index (χ0) is 29.9. The summed E-state index contributed by atoms with van der Waals surface area (Å²) in [5.74, 6) is 0.662. The van der Waals surface area contributed by atoms with E-state index in [1.807, 2.05) is 30.3 Å². The maximum Gasteiger partial charge on any atom is 0.410 e. The van der Waals surface area contributed by atoms with E-state index in [-0.39, 0.29) is 30.5 Å². The zero-order valence-electron chi connectivity index (χ0n) is 24.2. The molecule has 3 atom stereocenters. The first-order chi connectivity index (χ1) is 20.9. The third kappa shape index (κ3) is 5.96. The Labute approximate surface area is 253 Å². The van der Waals surface area contributed by atoms with Crippen molar-refractivity contribution in [3.8, 4) is 0 Å². The first-order valence-electron chi connectivity index (χ1n) is 14.3. The summed E-state index contributed by atoms with van der Waals surface area (Å²) >= 11 is 0. The molecular weight excluding hydrogens is 562 g/mol. The van der Waals surface area contributed by atoms with E-state index in [1.165, 1.54) is 10.9 Å². The summed E-state index contributed by atoms with van der Waals surface area (Å²) in [6.07, 6.45) is 1.47. The molecule has 2 unspecified atom stereocenters. The molecule has 0 bridgehead atoms. The fraction of sp³-hybridized carbons (Fsp3) is 0.333. The number of anilines is 1. The highest BCUT2D eigenvalue weighted by atomic mass is 32.2. The van der Waals surface area contributed by atoms with Crippen molar-refractivity contribution >= 4 is 33.5 Å². The Hall–Kier alpha value is -4.33. The van der Waals surface area contributed by atoms with Crippen LogP contribution in [0.5, 0.6) is 0 Å². The molecule has 9 nitrogen and oxygen atoms in total. The minimum atomic E-state index is -1.39. The summed E-state index contributed by atoms with van der Waals surface area (Å²) in [6.45, 7) is 11.5. The number of amides is 1. The summed E-state index contributed by atoms with van der Waals surface area (Å²) in [6, 6.07) is 21.7. The molecule has 0 saturated carbocycles. The third-order valence-electron chi connectivity index (χ3n) is 8.13. The Morgan fingerprint density at radius 1 is 1.09 bits per heavy atom. The number of ether oxygens (including phenoxy) is 2. The lowest BCUT2D eigenvalue weighted by molar-refractivity contribution is 0.0264. The van der Waals surface area contributed by atoms with E-state index in [4.69, 9.17) is 26.0 Å². The van der Waals surface area contributed by atoms with E-state index >= 15 is 0 Å². The predicted octanol–water partition coefficient (Wildman–Crippen LogP) is 5.24. The van der Waals surface area contributed by atoms with Crippen LogP contribution in [-0.4, -0.2) is 63.6 Å². The Balaban J connectivity index is 1.26. The van der Waals surface area contributed by atoms with Crippen molar-refractivity contribution in [1.29, 1.82) is 0 Å². The molecule has 0 aliphatic carbocycles.